The molecule has 0 bridgehead atoms. The number of thiazole rings is 1. The molecule has 2 rings (SSSR count). The third kappa shape index (κ3) is 5.20. The quantitative estimate of drug-likeness (QED) is 0.781. The van der Waals surface area contributed by atoms with Crippen LogP contribution >= 0.6 is 11.3 Å². The molecule has 1 aromatic carbocycles. The minimum Gasteiger partial charge on any atom is -0.241 e. The van der Waals surface area contributed by atoms with E-state index in [-0.39, 0.29) is 0 Å². The van der Waals surface area contributed by atoms with Crippen molar-refractivity contribution in [2.75, 3.05) is 13.1 Å². The molecule has 1 heterocycles. The summed E-state index contributed by atoms with van der Waals surface area (Å²) in [6.07, 6.45) is 1.35. The maximum atomic E-state index is 11.6. The maximum absolute atomic E-state index is 11.6. The molecule has 2 aromatic rings. The van der Waals surface area contributed by atoms with Crippen molar-refractivity contribution in [2.24, 2.45) is 0 Å². The number of hydrogen-bond donors (Lipinski definition) is 2. The van der Waals surface area contributed by atoms with Crippen molar-refractivity contribution in [1.82, 2.24) is 14.4 Å². The van der Waals surface area contributed by atoms with Gasteiger partial charge in [0, 0.05) is 30.5 Å². The van der Waals surface area contributed by atoms with E-state index < -0.39 is 10.2 Å². The van der Waals surface area contributed by atoms with E-state index in [0.717, 1.165) is 22.7 Å². The number of hydrogen-bond acceptors (Lipinski definition) is 4. The lowest BCUT2D eigenvalue weighted by atomic mass is 10.2. The predicted octanol–water partition coefficient (Wildman–Crippen LogP) is 2.19. The summed E-state index contributed by atoms with van der Waals surface area (Å²) in [7, 11) is -3.38. The van der Waals surface area contributed by atoms with Crippen LogP contribution in [0.15, 0.2) is 35.7 Å². The van der Waals surface area contributed by atoms with Gasteiger partial charge in [0.1, 0.15) is 5.01 Å². The minimum atomic E-state index is -3.38. The second-order valence-electron chi connectivity index (χ2n) is 4.55. The summed E-state index contributed by atoms with van der Waals surface area (Å²) in [4.78, 5) is 4.53. The minimum absolute atomic E-state index is 0.344. The predicted molar refractivity (Wildman–Crippen MR) is 86.5 cm³/mol. The van der Waals surface area contributed by atoms with Crippen molar-refractivity contribution in [2.45, 2.75) is 19.8 Å². The fourth-order valence-electron chi connectivity index (χ4n) is 1.74. The first-order chi connectivity index (χ1) is 10.1. The molecule has 0 spiro atoms. The zero-order valence-electron chi connectivity index (χ0n) is 11.9. The Bertz CT molecular complexity index is 654. The van der Waals surface area contributed by atoms with Crippen LogP contribution in [0.1, 0.15) is 19.0 Å². The normalized spacial score (nSPS) is 11.7. The molecule has 21 heavy (non-hydrogen) atoms. The molecule has 0 saturated heterocycles. The van der Waals surface area contributed by atoms with Crippen LogP contribution in [0.2, 0.25) is 0 Å². The molecule has 1 aromatic heterocycles. The summed E-state index contributed by atoms with van der Waals surface area (Å²) in [5.41, 5.74) is 1.98. The summed E-state index contributed by atoms with van der Waals surface area (Å²) < 4.78 is 28.1. The highest BCUT2D eigenvalue weighted by molar-refractivity contribution is 7.87. The lowest BCUT2D eigenvalue weighted by molar-refractivity contribution is 0.565. The van der Waals surface area contributed by atoms with Gasteiger partial charge in [0.2, 0.25) is 0 Å². The first-order valence-electron chi connectivity index (χ1n) is 6.85. The van der Waals surface area contributed by atoms with Crippen LogP contribution in [0.4, 0.5) is 0 Å². The van der Waals surface area contributed by atoms with Crippen LogP contribution in [-0.4, -0.2) is 26.5 Å². The largest absolute Gasteiger partial charge is 0.276 e. The molecule has 0 unspecified atom stereocenters. The van der Waals surface area contributed by atoms with Gasteiger partial charge in [0.05, 0.1) is 5.69 Å². The first-order valence-corrected chi connectivity index (χ1v) is 9.21. The van der Waals surface area contributed by atoms with Crippen LogP contribution in [0.3, 0.4) is 0 Å². The number of benzene rings is 1. The van der Waals surface area contributed by atoms with Gasteiger partial charge < -0.3 is 0 Å². The average Bonchev–Trinajstić information content (AvgIpc) is 2.95. The van der Waals surface area contributed by atoms with Gasteiger partial charge in [-0.15, -0.1) is 11.3 Å². The Morgan fingerprint density at radius 1 is 1.14 bits per heavy atom. The van der Waals surface area contributed by atoms with Crippen LogP contribution < -0.4 is 9.44 Å². The Balaban J connectivity index is 1.86. The van der Waals surface area contributed by atoms with E-state index in [1.165, 1.54) is 0 Å². The Hall–Kier alpha value is -1.28. The molecule has 0 aliphatic heterocycles. The van der Waals surface area contributed by atoms with Crippen molar-refractivity contribution in [3.05, 3.63) is 41.4 Å². The highest BCUT2D eigenvalue weighted by Crippen LogP contribution is 2.23. The molecule has 0 radical (unpaired) electrons. The van der Waals surface area contributed by atoms with Crippen LogP contribution in [0.25, 0.3) is 10.6 Å². The van der Waals surface area contributed by atoms with Gasteiger partial charge in [-0.05, 0) is 6.42 Å². The van der Waals surface area contributed by atoms with Crippen LogP contribution in [0, 0.1) is 0 Å². The van der Waals surface area contributed by atoms with Gasteiger partial charge in [0.25, 0.3) is 10.2 Å². The van der Waals surface area contributed by atoms with Crippen molar-refractivity contribution < 1.29 is 8.42 Å². The van der Waals surface area contributed by atoms with E-state index in [0.29, 0.717) is 19.5 Å². The Morgan fingerprint density at radius 2 is 1.86 bits per heavy atom. The standard InChI is InChI=1S/C14H19N3O2S2/c1-2-9-15-21(18,19)16-10-8-13-11-20-14(17-13)12-6-4-3-5-7-12/h3-7,11,15-16H,2,8-10H2,1H3. The third-order valence-electron chi connectivity index (χ3n) is 2.79. The molecule has 0 atom stereocenters. The Labute approximate surface area is 129 Å². The molecular formula is C14H19N3O2S2. The van der Waals surface area contributed by atoms with Gasteiger partial charge >= 0.3 is 0 Å². The molecule has 2 N–H and O–H groups in total. The van der Waals surface area contributed by atoms with Gasteiger partial charge in [-0.2, -0.15) is 8.42 Å². The molecule has 5 nitrogen and oxygen atoms in total. The van der Waals surface area contributed by atoms with Gasteiger partial charge in [-0.25, -0.2) is 14.4 Å². The lowest BCUT2D eigenvalue weighted by Crippen LogP contribution is -2.37. The smallest absolute Gasteiger partial charge is 0.241 e. The van der Waals surface area contributed by atoms with Gasteiger partial charge in [-0.3, -0.25) is 0 Å². The monoisotopic (exact) mass is 325 g/mol. The molecule has 7 heteroatoms. The van der Waals surface area contributed by atoms with Crippen molar-refractivity contribution >= 4 is 21.5 Å². The molecule has 0 aliphatic rings. The summed E-state index contributed by atoms with van der Waals surface area (Å²) >= 11 is 1.57. The third-order valence-corrected chi connectivity index (χ3v) is 4.90. The van der Waals surface area contributed by atoms with Gasteiger partial charge in [0.15, 0.2) is 0 Å². The molecule has 114 valence electrons. The van der Waals surface area contributed by atoms with E-state index >= 15 is 0 Å². The fraction of sp³-hybridized carbons (Fsp3) is 0.357. The Morgan fingerprint density at radius 3 is 2.57 bits per heavy atom. The number of rotatable bonds is 8. The lowest BCUT2D eigenvalue weighted by Gasteiger charge is -2.06. The summed E-state index contributed by atoms with van der Waals surface area (Å²) in [6.45, 7) is 2.71. The molecule has 0 amide bonds. The first kappa shape index (κ1) is 16.1. The van der Waals surface area contributed by atoms with Crippen molar-refractivity contribution in [1.29, 1.82) is 0 Å². The zero-order chi connectivity index (χ0) is 15.1. The second-order valence-corrected chi connectivity index (χ2v) is 6.99. The number of nitrogens with one attached hydrogen (secondary N) is 2. The molecular weight excluding hydrogens is 306 g/mol. The highest BCUT2D eigenvalue weighted by Gasteiger charge is 2.09. The van der Waals surface area contributed by atoms with Crippen LogP contribution in [0.5, 0.6) is 0 Å². The topological polar surface area (TPSA) is 71.1 Å². The number of aromatic nitrogens is 1. The van der Waals surface area contributed by atoms with E-state index in [2.05, 4.69) is 14.4 Å². The molecule has 0 aliphatic carbocycles. The van der Waals surface area contributed by atoms with E-state index in [4.69, 9.17) is 0 Å². The summed E-state index contributed by atoms with van der Waals surface area (Å²) in [5.74, 6) is 0. The van der Waals surface area contributed by atoms with Gasteiger partial charge in [-0.1, -0.05) is 37.3 Å². The van der Waals surface area contributed by atoms with Crippen molar-refractivity contribution in [3.8, 4) is 10.6 Å². The Kier molecular flexibility index (Phi) is 5.86. The molecule has 0 saturated carbocycles. The summed E-state index contributed by atoms with van der Waals surface area (Å²) in [6, 6.07) is 9.95. The maximum Gasteiger partial charge on any atom is 0.276 e. The van der Waals surface area contributed by atoms with Crippen molar-refractivity contribution in [3.63, 3.8) is 0 Å². The zero-order valence-corrected chi connectivity index (χ0v) is 13.5. The average molecular weight is 325 g/mol. The SMILES string of the molecule is CCCNS(=O)(=O)NCCc1csc(-c2ccccc2)n1. The second kappa shape index (κ2) is 7.65. The highest BCUT2D eigenvalue weighted by atomic mass is 32.2. The molecule has 0 fully saturated rings. The van der Waals surface area contributed by atoms with E-state index in [1.807, 2.05) is 42.6 Å². The van der Waals surface area contributed by atoms with Crippen LogP contribution in [-0.2, 0) is 16.6 Å². The number of nitrogens with zero attached hydrogens (tertiary/aromatic N) is 1. The van der Waals surface area contributed by atoms with E-state index in [9.17, 15) is 8.42 Å². The van der Waals surface area contributed by atoms with E-state index in [1.54, 1.807) is 11.3 Å². The summed E-state index contributed by atoms with van der Waals surface area (Å²) in [5, 5.41) is 2.92. The fourth-order valence-corrected chi connectivity index (χ4v) is 3.54.